The van der Waals surface area contributed by atoms with Gasteiger partial charge in [-0.05, 0) is 50.2 Å². The number of benzene rings is 1. The third-order valence-electron chi connectivity index (χ3n) is 5.56. The van der Waals surface area contributed by atoms with Gasteiger partial charge in [0.25, 0.3) is 5.91 Å². The Kier molecular flexibility index (Phi) is 7.03. The van der Waals surface area contributed by atoms with Crippen LogP contribution in [0.1, 0.15) is 21.7 Å². The third-order valence-corrected chi connectivity index (χ3v) is 5.56. The van der Waals surface area contributed by atoms with Gasteiger partial charge in [0.2, 0.25) is 5.91 Å². The standard InChI is InChI=1S/C25H28N6O3/c1-17-6-7-22(18(2)28-17)34-21-8-9-27-24(15-21)29-20-5-3-4-19(14-20)25(33)31-12-10-30(11-13-31)16-23(26)32/h3-9,14-15H,10-13,16H2,1-2H3,(H2,26,32)(H,27,29). The van der Waals surface area contributed by atoms with E-state index in [1.165, 1.54) is 0 Å². The summed E-state index contributed by atoms with van der Waals surface area (Å²) in [6.07, 6.45) is 1.66. The average molecular weight is 461 g/mol. The zero-order valence-electron chi connectivity index (χ0n) is 19.3. The van der Waals surface area contributed by atoms with Crippen LogP contribution in [-0.4, -0.2) is 64.3 Å². The van der Waals surface area contributed by atoms with Gasteiger partial charge in [0.15, 0.2) is 0 Å². The van der Waals surface area contributed by atoms with E-state index < -0.39 is 0 Å². The molecule has 1 saturated heterocycles. The molecule has 3 aromatic rings. The number of hydrogen-bond donors (Lipinski definition) is 2. The van der Waals surface area contributed by atoms with Crippen molar-refractivity contribution in [1.29, 1.82) is 0 Å². The maximum Gasteiger partial charge on any atom is 0.254 e. The molecule has 9 nitrogen and oxygen atoms in total. The van der Waals surface area contributed by atoms with Crippen molar-refractivity contribution < 1.29 is 14.3 Å². The van der Waals surface area contributed by atoms with Crippen molar-refractivity contribution in [3.8, 4) is 11.5 Å². The zero-order chi connectivity index (χ0) is 24.1. The largest absolute Gasteiger partial charge is 0.455 e. The molecule has 0 radical (unpaired) electrons. The van der Waals surface area contributed by atoms with Crippen LogP contribution in [0.15, 0.2) is 54.7 Å². The summed E-state index contributed by atoms with van der Waals surface area (Å²) in [5.41, 5.74) is 8.34. The number of nitrogens with zero attached hydrogens (tertiary/aromatic N) is 4. The van der Waals surface area contributed by atoms with Gasteiger partial charge in [-0.2, -0.15) is 0 Å². The number of anilines is 2. The van der Waals surface area contributed by atoms with Crippen molar-refractivity contribution in [2.24, 2.45) is 5.73 Å². The number of nitrogens with two attached hydrogens (primary N) is 1. The summed E-state index contributed by atoms with van der Waals surface area (Å²) in [5.74, 6) is 1.51. The minimum absolute atomic E-state index is 0.0465. The van der Waals surface area contributed by atoms with Gasteiger partial charge in [0.1, 0.15) is 17.3 Å². The van der Waals surface area contributed by atoms with Crippen LogP contribution in [0.5, 0.6) is 11.5 Å². The number of aryl methyl sites for hydroxylation is 2. The Labute approximate surface area is 198 Å². The van der Waals surface area contributed by atoms with Gasteiger partial charge in [-0.25, -0.2) is 4.98 Å². The molecule has 0 unspecified atom stereocenters. The van der Waals surface area contributed by atoms with Gasteiger partial charge in [-0.15, -0.1) is 0 Å². The molecule has 176 valence electrons. The van der Waals surface area contributed by atoms with E-state index in [2.05, 4.69) is 15.3 Å². The fourth-order valence-electron chi connectivity index (χ4n) is 3.84. The lowest BCUT2D eigenvalue weighted by molar-refractivity contribution is -0.119. The van der Waals surface area contributed by atoms with Crippen molar-refractivity contribution in [3.63, 3.8) is 0 Å². The van der Waals surface area contributed by atoms with Crippen molar-refractivity contribution in [1.82, 2.24) is 19.8 Å². The second-order valence-electron chi connectivity index (χ2n) is 8.26. The number of piperazine rings is 1. The molecule has 0 saturated carbocycles. The van der Waals surface area contributed by atoms with Crippen LogP contribution in [0.2, 0.25) is 0 Å². The molecule has 1 aliphatic heterocycles. The van der Waals surface area contributed by atoms with Crippen LogP contribution >= 0.6 is 0 Å². The Morgan fingerprint density at radius 2 is 1.85 bits per heavy atom. The monoisotopic (exact) mass is 460 g/mol. The molecular formula is C25H28N6O3. The van der Waals surface area contributed by atoms with E-state index in [1.807, 2.05) is 43.0 Å². The second-order valence-corrected chi connectivity index (χ2v) is 8.26. The molecule has 2 aromatic heterocycles. The van der Waals surface area contributed by atoms with E-state index in [0.717, 1.165) is 17.1 Å². The molecule has 9 heteroatoms. The molecule has 1 aliphatic rings. The van der Waals surface area contributed by atoms with Crippen LogP contribution < -0.4 is 15.8 Å². The predicted molar refractivity (Wildman–Crippen MR) is 129 cm³/mol. The Morgan fingerprint density at radius 3 is 2.59 bits per heavy atom. The van der Waals surface area contributed by atoms with Crippen molar-refractivity contribution >= 4 is 23.3 Å². The molecule has 0 atom stereocenters. The SMILES string of the molecule is Cc1ccc(Oc2ccnc(Nc3cccc(C(=O)N4CCN(CC(N)=O)CC4)c3)c2)c(C)n1. The number of carbonyl (C=O) groups is 2. The van der Waals surface area contributed by atoms with Gasteiger partial charge in [-0.3, -0.25) is 19.5 Å². The molecule has 0 spiro atoms. The first kappa shape index (κ1) is 23.2. The predicted octanol–water partition coefficient (Wildman–Crippen LogP) is 2.87. The summed E-state index contributed by atoms with van der Waals surface area (Å²) in [6, 6.07) is 14.7. The molecule has 2 amide bonds. The van der Waals surface area contributed by atoms with E-state index >= 15 is 0 Å². The van der Waals surface area contributed by atoms with E-state index in [0.29, 0.717) is 49.1 Å². The topological polar surface area (TPSA) is 114 Å². The lowest BCUT2D eigenvalue weighted by atomic mass is 10.1. The van der Waals surface area contributed by atoms with Crippen LogP contribution in [0.3, 0.4) is 0 Å². The Hall–Kier alpha value is -3.98. The number of ether oxygens (including phenoxy) is 1. The zero-order valence-corrected chi connectivity index (χ0v) is 19.3. The highest BCUT2D eigenvalue weighted by molar-refractivity contribution is 5.95. The fraction of sp³-hybridized carbons (Fsp3) is 0.280. The summed E-state index contributed by atoms with van der Waals surface area (Å²) < 4.78 is 5.98. The van der Waals surface area contributed by atoms with Crippen molar-refractivity contribution in [2.45, 2.75) is 13.8 Å². The number of rotatable bonds is 7. The van der Waals surface area contributed by atoms with Gasteiger partial charge in [0, 0.05) is 55.4 Å². The van der Waals surface area contributed by atoms with Gasteiger partial charge in [0.05, 0.1) is 12.2 Å². The molecule has 1 aromatic carbocycles. The first-order valence-corrected chi connectivity index (χ1v) is 11.1. The summed E-state index contributed by atoms with van der Waals surface area (Å²) in [6.45, 7) is 6.42. The number of aromatic nitrogens is 2. The molecule has 1 fully saturated rings. The fourth-order valence-corrected chi connectivity index (χ4v) is 3.84. The summed E-state index contributed by atoms with van der Waals surface area (Å²) in [4.78, 5) is 36.6. The third kappa shape index (κ3) is 5.87. The number of carbonyl (C=O) groups excluding carboxylic acids is 2. The maximum atomic E-state index is 13.0. The number of pyridine rings is 2. The van der Waals surface area contributed by atoms with Gasteiger partial charge < -0.3 is 20.7 Å². The lowest BCUT2D eigenvalue weighted by Crippen LogP contribution is -2.50. The van der Waals surface area contributed by atoms with E-state index in [-0.39, 0.29) is 18.4 Å². The Morgan fingerprint density at radius 1 is 1.06 bits per heavy atom. The minimum atomic E-state index is -0.354. The molecule has 3 N–H and O–H groups in total. The van der Waals surface area contributed by atoms with Crippen LogP contribution in [0.4, 0.5) is 11.5 Å². The molecule has 3 heterocycles. The smallest absolute Gasteiger partial charge is 0.254 e. The van der Waals surface area contributed by atoms with Crippen LogP contribution in [0, 0.1) is 13.8 Å². The van der Waals surface area contributed by atoms with Gasteiger partial charge in [-0.1, -0.05) is 6.07 Å². The van der Waals surface area contributed by atoms with Crippen molar-refractivity contribution in [2.75, 3.05) is 38.0 Å². The van der Waals surface area contributed by atoms with E-state index in [1.54, 1.807) is 35.4 Å². The van der Waals surface area contributed by atoms with Crippen molar-refractivity contribution in [3.05, 3.63) is 71.7 Å². The quantitative estimate of drug-likeness (QED) is 0.557. The summed E-state index contributed by atoms with van der Waals surface area (Å²) >= 11 is 0. The molecular weight excluding hydrogens is 432 g/mol. The molecule has 4 rings (SSSR count). The highest BCUT2D eigenvalue weighted by atomic mass is 16.5. The van der Waals surface area contributed by atoms with E-state index in [9.17, 15) is 9.59 Å². The lowest BCUT2D eigenvalue weighted by Gasteiger charge is -2.34. The Balaban J connectivity index is 1.41. The summed E-state index contributed by atoms with van der Waals surface area (Å²) in [5, 5.41) is 3.24. The molecule has 0 aliphatic carbocycles. The second kappa shape index (κ2) is 10.3. The number of primary amides is 1. The van der Waals surface area contributed by atoms with Crippen LogP contribution in [0.25, 0.3) is 0 Å². The van der Waals surface area contributed by atoms with E-state index in [4.69, 9.17) is 10.5 Å². The first-order valence-electron chi connectivity index (χ1n) is 11.1. The number of hydrogen-bond acceptors (Lipinski definition) is 7. The number of nitrogens with one attached hydrogen (secondary N) is 1. The molecule has 34 heavy (non-hydrogen) atoms. The number of amides is 2. The highest BCUT2D eigenvalue weighted by Gasteiger charge is 2.23. The van der Waals surface area contributed by atoms with Gasteiger partial charge >= 0.3 is 0 Å². The molecule has 0 bridgehead atoms. The maximum absolute atomic E-state index is 13.0. The normalized spacial score (nSPS) is 14.0. The Bertz CT molecular complexity index is 1190. The van der Waals surface area contributed by atoms with Crippen LogP contribution in [-0.2, 0) is 4.79 Å². The first-order chi connectivity index (χ1) is 16.4. The average Bonchev–Trinajstić information content (AvgIpc) is 2.81. The summed E-state index contributed by atoms with van der Waals surface area (Å²) in [7, 11) is 0. The highest BCUT2D eigenvalue weighted by Crippen LogP contribution is 2.26. The minimum Gasteiger partial charge on any atom is -0.455 e.